The highest BCUT2D eigenvalue weighted by Crippen LogP contribution is 2.38. The van der Waals surface area contributed by atoms with Crippen molar-refractivity contribution >= 4 is 11.6 Å². The van der Waals surface area contributed by atoms with E-state index in [0.29, 0.717) is 34.5 Å². The molecule has 0 saturated heterocycles. The van der Waals surface area contributed by atoms with E-state index in [4.69, 9.17) is 10.5 Å². The predicted octanol–water partition coefficient (Wildman–Crippen LogP) is 5.29. The number of carbonyl (C=O) groups is 1. The first kappa shape index (κ1) is 23.4. The number of carbonyl (C=O) groups excluding carboxylic acids is 1. The summed E-state index contributed by atoms with van der Waals surface area (Å²) in [7, 11) is 0. The molecule has 2 N–H and O–H groups in total. The number of ether oxygens (including phenoxy) is 1. The molecule has 178 valence electrons. The van der Waals surface area contributed by atoms with Gasteiger partial charge in [-0.05, 0) is 41.5 Å². The molecule has 4 rings (SSSR count). The Morgan fingerprint density at radius 2 is 1.59 bits per heavy atom. The minimum atomic E-state index is -4.99. The molecule has 0 saturated carbocycles. The number of nitrogens with zero attached hydrogens (tertiary/aromatic N) is 2. The van der Waals surface area contributed by atoms with E-state index < -0.39 is 42.5 Å². The second-order valence-corrected chi connectivity index (χ2v) is 7.68. The van der Waals surface area contributed by atoms with Crippen LogP contribution in [-0.2, 0) is 30.2 Å². The highest BCUT2D eigenvalue weighted by molar-refractivity contribution is 5.82. The quantitative estimate of drug-likeness (QED) is 0.408. The van der Waals surface area contributed by atoms with Crippen LogP contribution in [0, 0.1) is 0 Å². The van der Waals surface area contributed by atoms with Crippen LogP contribution in [0.3, 0.4) is 0 Å². The van der Waals surface area contributed by atoms with E-state index in [2.05, 4.69) is 4.98 Å². The molecule has 1 aromatic heterocycles. The number of nitrogen functional groups attached to an aromatic ring is 1. The van der Waals surface area contributed by atoms with E-state index in [-0.39, 0.29) is 24.1 Å². The molecule has 11 heteroatoms. The van der Waals surface area contributed by atoms with Crippen LogP contribution in [0.1, 0.15) is 22.3 Å². The Morgan fingerprint density at radius 1 is 0.941 bits per heavy atom. The molecule has 1 amide bonds. The zero-order chi connectivity index (χ0) is 24.7. The van der Waals surface area contributed by atoms with Crippen molar-refractivity contribution in [2.24, 2.45) is 0 Å². The topological polar surface area (TPSA) is 68.5 Å². The van der Waals surface area contributed by atoms with Gasteiger partial charge in [-0.25, -0.2) is 4.98 Å². The number of pyridine rings is 1. The molecule has 34 heavy (non-hydrogen) atoms. The van der Waals surface area contributed by atoms with Crippen molar-refractivity contribution in [1.29, 1.82) is 0 Å². The fourth-order valence-electron chi connectivity index (χ4n) is 3.72. The molecule has 1 aliphatic rings. The Morgan fingerprint density at radius 3 is 2.21 bits per heavy atom. The molecule has 1 aliphatic heterocycles. The van der Waals surface area contributed by atoms with Gasteiger partial charge in [0.05, 0.1) is 17.7 Å². The highest BCUT2D eigenvalue weighted by Gasteiger charge is 2.37. The van der Waals surface area contributed by atoms with Crippen LogP contribution in [0.25, 0.3) is 11.1 Å². The van der Waals surface area contributed by atoms with Crippen molar-refractivity contribution in [3.05, 3.63) is 77.0 Å². The Labute approximate surface area is 189 Å². The fourth-order valence-corrected chi connectivity index (χ4v) is 3.72. The molecule has 2 heterocycles. The van der Waals surface area contributed by atoms with Crippen molar-refractivity contribution in [3.63, 3.8) is 0 Å². The molecule has 0 atom stereocenters. The summed E-state index contributed by atoms with van der Waals surface area (Å²) >= 11 is 0. The largest absolute Gasteiger partial charge is 0.467 e. The monoisotopic (exact) mass is 481 g/mol. The first-order valence-corrected chi connectivity index (χ1v) is 9.95. The molecular weight excluding hydrogens is 464 g/mol. The minimum absolute atomic E-state index is 0.0480. The first-order valence-electron chi connectivity index (χ1n) is 9.95. The number of hydrogen-bond donors (Lipinski definition) is 1. The maximum Gasteiger partial charge on any atom is 0.416 e. The van der Waals surface area contributed by atoms with Crippen molar-refractivity contribution in [2.45, 2.75) is 25.4 Å². The lowest BCUT2D eigenvalue weighted by Gasteiger charge is -2.23. The third kappa shape index (κ3) is 4.78. The zero-order valence-electron chi connectivity index (χ0n) is 17.4. The number of hydrogen-bond acceptors (Lipinski definition) is 4. The number of aromatic nitrogens is 1. The molecule has 0 unspecified atom stereocenters. The summed E-state index contributed by atoms with van der Waals surface area (Å²) in [6.07, 6.45) is -8.52. The van der Waals surface area contributed by atoms with E-state index in [1.807, 2.05) is 0 Å². The summed E-state index contributed by atoms with van der Waals surface area (Å²) in [5.41, 5.74) is 4.94. The van der Waals surface area contributed by atoms with Crippen molar-refractivity contribution in [2.75, 3.05) is 12.3 Å². The summed E-state index contributed by atoms with van der Waals surface area (Å²) < 4.78 is 84.9. The standard InChI is InChI=1S/C23H17F6N3O2/c24-22(25,26)14-7-13(8-15(9-14)23(27,28)29)10-32-11-18-16(17-3-1-2-4-19(17)30)5-6-31-21(18)34-12-20(32)33/h1-9H,10-12,30H2. The van der Waals surface area contributed by atoms with Gasteiger partial charge in [0.2, 0.25) is 5.88 Å². The van der Waals surface area contributed by atoms with Crippen LogP contribution >= 0.6 is 0 Å². The van der Waals surface area contributed by atoms with E-state index in [1.54, 1.807) is 30.3 Å². The molecule has 0 bridgehead atoms. The molecule has 2 aromatic carbocycles. The fraction of sp³-hybridized carbons (Fsp3) is 0.217. The summed E-state index contributed by atoms with van der Waals surface area (Å²) in [5, 5.41) is 0. The van der Waals surface area contributed by atoms with Gasteiger partial charge < -0.3 is 15.4 Å². The lowest BCUT2D eigenvalue weighted by atomic mass is 9.99. The molecule has 0 aliphatic carbocycles. The number of amides is 1. The average molecular weight is 481 g/mol. The van der Waals surface area contributed by atoms with Gasteiger partial charge in [0, 0.05) is 29.6 Å². The van der Waals surface area contributed by atoms with Crippen LogP contribution in [-0.4, -0.2) is 22.4 Å². The van der Waals surface area contributed by atoms with Gasteiger partial charge in [-0.2, -0.15) is 26.3 Å². The summed E-state index contributed by atoms with van der Waals surface area (Å²) in [4.78, 5) is 17.9. The van der Waals surface area contributed by atoms with Crippen molar-refractivity contribution < 1.29 is 35.9 Å². The minimum Gasteiger partial charge on any atom is -0.467 e. The third-order valence-electron chi connectivity index (χ3n) is 5.32. The first-order chi connectivity index (χ1) is 15.9. The maximum atomic E-state index is 13.2. The van der Waals surface area contributed by atoms with Crippen LogP contribution in [0.5, 0.6) is 5.88 Å². The van der Waals surface area contributed by atoms with Gasteiger partial charge in [0.25, 0.3) is 5.91 Å². The molecular formula is C23H17F6N3O2. The predicted molar refractivity (Wildman–Crippen MR) is 110 cm³/mol. The van der Waals surface area contributed by atoms with Gasteiger partial charge in [-0.3, -0.25) is 4.79 Å². The van der Waals surface area contributed by atoms with Crippen LogP contribution in [0.15, 0.2) is 54.7 Å². The average Bonchev–Trinajstić information content (AvgIpc) is 2.92. The van der Waals surface area contributed by atoms with Crippen LogP contribution in [0.2, 0.25) is 0 Å². The Hall–Kier alpha value is -3.76. The van der Waals surface area contributed by atoms with E-state index in [0.717, 1.165) is 4.90 Å². The molecule has 0 spiro atoms. The zero-order valence-corrected chi connectivity index (χ0v) is 17.4. The lowest BCUT2D eigenvalue weighted by Crippen LogP contribution is -2.32. The summed E-state index contributed by atoms with van der Waals surface area (Å²) in [6, 6.07) is 9.80. The molecule has 0 fully saturated rings. The van der Waals surface area contributed by atoms with E-state index in [1.165, 1.54) is 6.20 Å². The Balaban J connectivity index is 1.74. The number of alkyl halides is 6. The molecule has 0 radical (unpaired) electrons. The van der Waals surface area contributed by atoms with Gasteiger partial charge in [-0.15, -0.1) is 0 Å². The number of halogens is 6. The second kappa shape index (κ2) is 8.54. The number of fused-ring (bicyclic) bond motifs is 1. The van der Waals surface area contributed by atoms with Gasteiger partial charge in [0.15, 0.2) is 6.61 Å². The number of rotatable bonds is 3. The van der Waals surface area contributed by atoms with Gasteiger partial charge in [-0.1, -0.05) is 18.2 Å². The summed E-state index contributed by atoms with van der Waals surface area (Å²) in [5.74, 6) is -0.479. The van der Waals surface area contributed by atoms with Crippen molar-refractivity contribution in [1.82, 2.24) is 9.88 Å². The SMILES string of the molecule is Nc1ccccc1-c1ccnc2c1CN(Cc1cc(C(F)(F)F)cc(C(F)(F)F)c1)C(=O)CO2. The van der Waals surface area contributed by atoms with Gasteiger partial charge >= 0.3 is 12.4 Å². The summed E-state index contributed by atoms with van der Waals surface area (Å²) in [6.45, 7) is -1.12. The lowest BCUT2D eigenvalue weighted by molar-refractivity contribution is -0.143. The second-order valence-electron chi connectivity index (χ2n) is 7.68. The van der Waals surface area contributed by atoms with E-state index >= 15 is 0 Å². The normalized spacial score (nSPS) is 14.4. The molecule has 5 nitrogen and oxygen atoms in total. The number of benzene rings is 2. The van der Waals surface area contributed by atoms with Crippen molar-refractivity contribution in [3.8, 4) is 17.0 Å². The highest BCUT2D eigenvalue weighted by atomic mass is 19.4. The number of nitrogens with two attached hydrogens (primary N) is 1. The third-order valence-corrected chi connectivity index (χ3v) is 5.32. The van der Waals surface area contributed by atoms with Crippen LogP contribution in [0.4, 0.5) is 32.0 Å². The maximum absolute atomic E-state index is 13.2. The smallest absolute Gasteiger partial charge is 0.416 e. The molecule has 3 aromatic rings. The number of para-hydroxylation sites is 1. The van der Waals surface area contributed by atoms with Gasteiger partial charge in [0.1, 0.15) is 0 Å². The van der Waals surface area contributed by atoms with Crippen LogP contribution < -0.4 is 10.5 Å². The Bertz CT molecular complexity index is 1210. The van der Waals surface area contributed by atoms with E-state index in [9.17, 15) is 31.1 Å². The Kier molecular flexibility index (Phi) is 5.88. The number of anilines is 1.